The Balaban J connectivity index is 2.55. The summed E-state index contributed by atoms with van der Waals surface area (Å²) in [5.41, 5.74) is 0. The monoisotopic (exact) mass is 256 g/mol. The van der Waals surface area contributed by atoms with Crippen LogP contribution in [-0.2, 0) is 4.79 Å². The average molecular weight is 256 g/mol. The van der Waals surface area contributed by atoms with Gasteiger partial charge in [-0.15, -0.1) is 0 Å². The third-order valence-corrected chi connectivity index (χ3v) is 3.02. The van der Waals surface area contributed by atoms with E-state index in [2.05, 4.69) is 5.32 Å². The van der Waals surface area contributed by atoms with Crippen molar-refractivity contribution in [3.05, 3.63) is 0 Å². The minimum Gasteiger partial charge on any atom is -0.480 e. The Morgan fingerprint density at radius 3 is 2.39 bits per heavy atom. The maximum Gasteiger partial charge on any atom is 0.326 e. The maximum atomic E-state index is 12.1. The lowest BCUT2D eigenvalue weighted by Gasteiger charge is -2.25. The molecule has 2 amide bonds. The highest BCUT2D eigenvalue weighted by Gasteiger charge is 2.33. The molecule has 5 heteroatoms. The highest BCUT2D eigenvalue weighted by atomic mass is 16.4. The van der Waals surface area contributed by atoms with Crippen molar-refractivity contribution >= 4 is 12.0 Å². The number of carboxylic acids is 1. The van der Waals surface area contributed by atoms with Crippen LogP contribution in [0.5, 0.6) is 0 Å². The fraction of sp³-hybridized carbons (Fsp3) is 0.846. The lowest BCUT2D eigenvalue weighted by atomic mass is 10.0. The van der Waals surface area contributed by atoms with Crippen molar-refractivity contribution in [1.29, 1.82) is 0 Å². The van der Waals surface area contributed by atoms with Gasteiger partial charge in [0.05, 0.1) is 0 Å². The molecule has 0 aromatic heterocycles. The molecule has 1 rings (SSSR count). The molecule has 0 unspecified atom stereocenters. The molecule has 104 valence electrons. The lowest BCUT2D eigenvalue weighted by Crippen LogP contribution is -2.49. The van der Waals surface area contributed by atoms with Gasteiger partial charge >= 0.3 is 12.0 Å². The van der Waals surface area contributed by atoms with Crippen LogP contribution >= 0.6 is 0 Å². The van der Waals surface area contributed by atoms with Gasteiger partial charge in [-0.1, -0.05) is 20.8 Å². The van der Waals surface area contributed by atoms with Crippen molar-refractivity contribution < 1.29 is 14.7 Å². The first kappa shape index (κ1) is 14.8. The molecule has 5 nitrogen and oxygen atoms in total. The first-order valence-electron chi connectivity index (χ1n) is 6.75. The molecule has 1 atom stereocenters. The topological polar surface area (TPSA) is 69.6 Å². The van der Waals surface area contributed by atoms with E-state index in [9.17, 15) is 9.59 Å². The molecular weight excluding hydrogens is 232 g/mol. The van der Waals surface area contributed by atoms with Gasteiger partial charge in [0, 0.05) is 12.6 Å². The summed E-state index contributed by atoms with van der Waals surface area (Å²) in [6.45, 7) is 6.62. The third kappa shape index (κ3) is 4.55. The number of nitrogens with zero attached hydrogens (tertiary/aromatic N) is 1. The predicted octanol–water partition coefficient (Wildman–Crippen LogP) is 2.07. The van der Waals surface area contributed by atoms with E-state index in [1.54, 1.807) is 4.90 Å². The Kier molecular flexibility index (Phi) is 5.44. The number of carbonyl (C=O) groups is 2. The van der Waals surface area contributed by atoms with Crippen LogP contribution in [0.15, 0.2) is 0 Å². The van der Waals surface area contributed by atoms with E-state index < -0.39 is 12.0 Å². The lowest BCUT2D eigenvalue weighted by molar-refractivity contribution is -0.139. The van der Waals surface area contributed by atoms with Crippen molar-refractivity contribution in [2.24, 2.45) is 5.92 Å². The van der Waals surface area contributed by atoms with Gasteiger partial charge in [-0.25, -0.2) is 9.59 Å². The first-order chi connectivity index (χ1) is 8.45. The van der Waals surface area contributed by atoms with Crippen molar-refractivity contribution in [2.75, 3.05) is 6.54 Å². The Morgan fingerprint density at radius 2 is 2.00 bits per heavy atom. The summed E-state index contributed by atoms with van der Waals surface area (Å²) >= 11 is 0. The summed E-state index contributed by atoms with van der Waals surface area (Å²) in [5.74, 6) is -0.712. The van der Waals surface area contributed by atoms with Gasteiger partial charge in [-0.3, -0.25) is 0 Å². The van der Waals surface area contributed by atoms with Gasteiger partial charge < -0.3 is 15.3 Å². The molecule has 0 aromatic rings. The van der Waals surface area contributed by atoms with Crippen LogP contribution in [0.1, 0.15) is 46.5 Å². The molecule has 0 saturated heterocycles. The van der Waals surface area contributed by atoms with Crippen LogP contribution in [0.4, 0.5) is 4.79 Å². The minimum atomic E-state index is -0.954. The zero-order chi connectivity index (χ0) is 13.7. The number of carbonyl (C=O) groups excluding carboxylic acids is 1. The van der Waals surface area contributed by atoms with E-state index in [4.69, 9.17) is 5.11 Å². The number of aliphatic carboxylic acids is 1. The van der Waals surface area contributed by atoms with Gasteiger partial charge in [-0.05, 0) is 31.6 Å². The van der Waals surface area contributed by atoms with Crippen LogP contribution in [-0.4, -0.2) is 40.6 Å². The van der Waals surface area contributed by atoms with E-state index in [0.29, 0.717) is 19.0 Å². The standard InChI is InChI=1S/C13H24N2O3/c1-4-7-15(10-5-6-10)13(18)14-11(12(16)17)8-9(2)3/h9-11H,4-8H2,1-3H3,(H,14,18)(H,16,17)/t11-/m0/s1. The van der Waals surface area contributed by atoms with Crippen molar-refractivity contribution in [3.8, 4) is 0 Å². The second kappa shape index (κ2) is 6.61. The molecule has 2 N–H and O–H groups in total. The van der Waals surface area contributed by atoms with Crippen molar-refractivity contribution in [3.63, 3.8) is 0 Å². The average Bonchev–Trinajstić information content (AvgIpc) is 3.07. The van der Waals surface area contributed by atoms with E-state index in [1.165, 1.54) is 0 Å². The van der Waals surface area contributed by atoms with Gasteiger partial charge in [0.2, 0.25) is 0 Å². The quantitative estimate of drug-likeness (QED) is 0.732. The van der Waals surface area contributed by atoms with Crippen LogP contribution in [0.2, 0.25) is 0 Å². The zero-order valence-corrected chi connectivity index (χ0v) is 11.5. The Morgan fingerprint density at radius 1 is 1.39 bits per heavy atom. The number of hydrogen-bond donors (Lipinski definition) is 2. The van der Waals surface area contributed by atoms with Crippen molar-refractivity contribution in [2.45, 2.75) is 58.5 Å². The summed E-state index contributed by atoms with van der Waals surface area (Å²) in [6, 6.07) is -0.693. The molecule has 1 aliphatic rings. The number of hydrogen-bond acceptors (Lipinski definition) is 2. The maximum absolute atomic E-state index is 12.1. The highest BCUT2D eigenvalue weighted by Crippen LogP contribution is 2.27. The number of carboxylic acid groups (broad SMARTS) is 1. The molecule has 0 aliphatic heterocycles. The zero-order valence-electron chi connectivity index (χ0n) is 11.5. The van der Waals surface area contributed by atoms with Crippen LogP contribution < -0.4 is 5.32 Å². The number of rotatable bonds is 7. The van der Waals surface area contributed by atoms with Crippen LogP contribution in [0.25, 0.3) is 0 Å². The molecule has 18 heavy (non-hydrogen) atoms. The van der Waals surface area contributed by atoms with Gasteiger partial charge in [0.1, 0.15) is 6.04 Å². The highest BCUT2D eigenvalue weighted by molar-refractivity contribution is 5.82. The molecule has 0 radical (unpaired) electrons. The smallest absolute Gasteiger partial charge is 0.326 e. The predicted molar refractivity (Wildman–Crippen MR) is 69.4 cm³/mol. The Hall–Kier alpha value is -1.26. The third-order valence-electron chi connectivity index (χ3n) is 3.02. The van der Waals surface area contributed by atoms with E-state index in [1.807, 2.05) is 20.8 Å². The van der Waals surface area contributed by atoms with E-state index in [-0.39, 0.29) is 11.9 Å². The van der Waals surface area contributed by atoms with E-state index >= 15 is 0 Å². The summed E-state index contributed by atoms with van der Waals surface area (Å²) < 4.78 is 0. The minimum absolute atomic E-state index is 0.229. The van der Waals surface area contributed by atoms with Gasteiger partial charge in [0.25, 0.3) is 0 Å². The molecule has 0 spiro atoms. The Labute approximate surface area is 109 Å². The largest absolute Gasteiger partial charge is 0.480 e. The molecule has 0 aromatic carbocycles. The number of nitrogens with one attached hydrogen (secondary N) is 1. The summed E-state index contributed by atoms with van der Waals surface area (Å²) in [4.78, 5) is 24.9. The van der Waals surface area contributed by atoms with Gasteiger partial charge in [-0.2, -0.15) is 0 Å². The molecule has 0 bridgehead atoms. The van der Waals surface area contributed by atoms with Crippen molar-refractivity contribution in [1.82, 2.24) is 10.2 Å². The molecule has 1 fully saturated rings. The SMILES string of the molecule is CCCN(C(=O)N[C@@H](CC(C)C)C(=O)O)C1CC1. The number of urea groups is 1. The molecule has 1 saturated carbocycles. The fourth-order valence-electron chi connectivity index (χ4n) is 2.00. The summed E-state index contributed by atoms with van der Waals surface area (Å²) in [6.07, 6.45) is 3.43. The second-order valence-corrected chi connectivity index (χ2v) is 5.39. The fourth-order valence-corrected chi connectivity index (χ4v) is 2.00. The summed E-state index contributed by atoms with van der Waals surface area (Å²) in [7, 11) is 0. The van der Waals surface area contributed by atoms with Crippen LogP contribution in [0, 0.1) is 5.92 Å². The molecule has 0 heterocycles. The first-order valence-corrected chi connectivity index (χ1v) is 6.75. The molecular formula is C13H24N2O3. The second-order valence-electron chi connectivity index (χ2n) is 5.39. The number of amides is 2. The Bertz CT molecular complexity index is 301. The van der Waals surface area contributed by atoms with E-state index in [0.717, 1.165) is 19.3 Å². The normalized spacial score (nSPS) is 16.4. The van der Waals surface area contributed by atoms with Gasteiger partial charge in [0.15, 0.2) is 0 Å². The summed E-state index contributed by atoms with van der Waals surface area (Å²) in [5, 5.41) is 11.7. The molecule has 1 aliphatic carbocycles. The van der Waals surface area contributed by atoms with Crippen LogP contribution in [0.3, 0.4) is 0 Å².